The van der Waals surface area contributed by atoms with Crippen molar-refractivity contribution in [3.05, 3.63) is 65.9 Å². The van der Waals surface area contributed by atoms with Gasteiger partial charge in [-0.3, -0.25) is 0 Å². The largest absolute Gasteiger partial charge is 0.228 e. The Hall–Kier alpha value is -1.39. The van der Waals surface area contributed by atoms with E-state index in [1.54, 1.807) is 18.2 Å². The Kier molecular flexibility index (Phi) is 6.85. The minimum Gasteiger partial charge on any atom is -0.228 e. The summed E-state index contributed by atoms with van der Waals surface area (Å²) in [5.41, 5.74) is 3.17. The van der Waals surface area contributed by atoms with Crippen molar-refractivity contribution < 1.29 is 8.42 Å². The highest BCUT2D eigenvalue weighted by molar-refractivity contribution is 7.91. The first-order valence-electron chi connectivity index (χ1n) is 7.05. The Bertz CT molecular complexity index is 606. The summed E-state index contributed by atoms with van der Waals surface area (Å²) in [6.45, 7) is 6.55. The van der Waals surface area contributed by atoms with E-state index in [1.807, 2.05) is 42.5 Å². The van der Waals surface area contributed by atoms with Gasteiger partial charge in [0.2, 0.25) is 0 Å². The molecular formula is C17H24O2SSi. The highest BCUT2D eigenvalue weighted by atomic mass is 32.2. The summed E-state index contributed by atoms with van der Waals surface area (Å²) < 4.78 is 23.7. The maximum Gasteiger partial charge on any atom is 0.157 e. The molecule has 114 valence electrons. The molecule has 0 spiro atoms. The van der Waals surface area contributed by atoms with E-state index in [0.717, 1.165) is 5.56 Å². The van der Waals surface area contributed by atoms with Gasteiger partial charge in [0.15, 0.2) is 9.84 Å². The zero-order valence-electron chi connectivity index (χ0n) is 13.0. The van der Waals surface area contributed by atoms with Crippen LogP contribution >= 0.6 is 0 Å². The van der Waals surface area contributed by atoms with Crippen LogP contribution in [0.4, 0.5) is 0 Å². The van der Waals surface area contributed by atoms with Crippen molar-refractivity contribution in [3.8, 4) is 0 Å². The van der Waals surface area contributed by atoms with Crippen LogP contribution < -0.4 is 0 Å². The van der Waals surface area contributed by atoms with Crippen molar-refractivity contribution in [2.45, 2.75) is 19.6 Å². The van der Waals surface area contributed by atoms with Crippen LogP contribution in [0.3, 0.4) is 0 Å². The maximum atomic E-state index is 11.8. The van der Waals surface area contributed by atoms with Gasteiger partial charge < -0.3 is 0 Å². The van der Waals surface area contributed by atoms with Crippen LogP contribution in [0.2, 0.25) is 19.6 Å². The molecule has 0 aliphatic carbocycles. The van der Waals surface area contributed by atoms with Gasteiger partial charge in [-0.1, -0.05) is 86.1 Å². The molecule has 4 heteroatoms. The molecule has 1 rings (SSSR count). The first-order valence-corrected chi connectivity index (χ1v) is 12.4. The van der Waals surface area contributed by atoms with Gasteiger partial charge >= 0.3 is 0 Å². The molecule has 1 aromatic carbocycles. The van der Waals surface area contributed by atoms with Gasteiger partial charge in [0.05, 0.1) is 19.6 Å². The topological polar surface area (TPSA) is 34.1 Å². The van der Waals surface area contributed by atoms with Crippen LogP contribution in [0.15, 0.2) is 60.3 Å². The summed E-state index contributed by atoms with van der Waals surface area (Å²) >= 11 is 0. The Morgan fingerprint density at radius 2 is 1.57 bits per heavy atom. The van der Waals surface area contributed by atoms with Gasteiger partial charge in [0.1, 0.15) is 0 Å². The molecular weight excluding hydrogens is 296 g/mol. The average molecular weight is 321 g/mol. The number of allylic oxidation sites excluding steroid dienone is 2. The van der Waals surface area contributed by atoms with Crippen molar-refractivity contribution in [3.63, 3.8) is 0 Å². The van der Waals surface area contributed by atoms with Gasteiger partial charge in [-0.2, -0.15) is 0 Å². The molecule has 0 heterocycles. The van der Waals surface area contributed by atoms with Gasteiger partial charge in [-0.15, -0.1) is 0 Å². The average Bonchev–Trinajstić information content (AvgIpc) is 2.37. The lowest BCUT2D eigenvalue weighted by atomic mass is 10.2. The summed E-state index contributed by atoms with van der Waals surface area (Å²) in [7, 11) is -4.35. The SMILES string of the molecule is C[Si](C)(C)/C=C/CS(=O)(=O)C/C=C/C=C/c1ccccc1. The van der Waals surface area contributed by atoms with E-state index < -0.39 is 17.9 Å². The van der Waals surface area contributed by atoms with Gasteiger partial charge in [-0.25, -0.2) is 8.42 Å². The molecule has 2 nitrogen and oxygen atoms in total. The second-order valence-electron chi connectivity index (χ2n) is 6.04. The molecule has 0 N–H and O–H groups in total. The van der Waals surface area contributed by atoms with Crippen molar-refractivity contribution >= 4 is 24.0 Å². The van der Waals surface area contributed by atoms with Crippen LogP contribution in [0, 0.1) is 0 Å². The lowest BCUT2D eigenvalue weighted by Crippen LogP contribution is -2.16. The maximum absolute atomic E-state index is 11.8. The molecule has 0 saturated carbocycles. The first-order chi connectivity index (χ1) is 9.79. The minimum absolute atomic E-state index is 0.0855. The zero-order valence-corrected chi connectivity index (χ0v) is 14.8. The van der Waals surface area contributed by atoms with Crippen molar-refractivity contribution in [2.75, 3.05) is 11.5 Å². The molecule has 0 aromatic heterocycles. The van der Waals surface area contributed by atoms with Gasteiger partial charge in [-0.05, 0) is 5.56 Å². The summed E-state index contributed by atoms with van der Waals surface area (Å²) in [4.78, 5) is 0. The smallest absolute Gasteiger partial charge is 0.157 e. The first kappa shape index (κ1) is 17.7. The molecule has 0 fully saturated rings. The van der Waals surface area contributed by atoms with Crippen molar-refractivity contribution in [2.24, 2.45) is 0 Å². The lowest BCUT2D eigenvalue weighted by molar-refractivity contribution is 0.602. The summed E-state index contributed by atoms with van der Waals surface area (Å²) in [5.74, 6) is 0.214. The second-order valence-corrected chi connectivity index (χ2v) is 13.3. The quantitative estimate of drug-likeness (QED) is 0.560. The third-order valence-corrected chi connectivity index (χ3v) is 5.29. The third-order valence-electron chi connectivity index (χ3n) is 2.65. The fourth-order valence-corrected chi connectivity index (χ4v) is 3.55. The molecule has 0 aliphatic heterocycles. The van der Waals surface area contributed by atoms with Crippen LogP contribution in [0.5, 0.6) is 0 Å². The fraction of sp³-hybridized carbons (Fsp3) is 0.294. The normalized spacial score (nSPS) is 13.7. The molecule has 1 aromatic rings. The molecule has 0 aliphatic rings. The molecule has 0 amide bonds. The number of benzene rings is 1. The molecule has 0 unspecified atom stereocenters. The predicted octanol–water partition coefficient (Wildman–Crippen LogP) is 4.10. The van der Waals surface area contributed by atoms with E-state index in [4.69, 9.17) is 0 Å². The van der Waals surface area contributed by atoms with Gasteiger partial charge in [0, 0.05) is 0 Å². The molecule has 0 saturated heterocycles. The van der Waals surface area contributed by atoms with E-state index in [9.17, 15) is 8.42 Å². The summed E-state index contributed by atoms with van der Waals surface area (Å²) in [6, 6.07) is 9.91. The van der Waals surface area contributed by atoms with E-state index in [2.05, 4.69) is 25.3 Å². The third kappa shape index (κ3) is 9.21. The van der Waals surface area contributed by atoms with Crippen molar-refractivity contribution in [1.82, 2.24) is 0 Å². The van der Waals surface area contributed by atoms with Crippen molar-refractivity contribution in [1.29, 1.82) is 0 Å². The molecule has 21 heavy (non-hydrogen) atoms. The summed E-state index contributed by atoms with van der Waals surface area (Å²) in [5, 5.41) is 0. The van der Waals surface area contributed by atoms with E-state index in [1.165, 1.54) is 0 Å². The molecule has 0 atom stereocenters. The number of hydrogen-bond acceptors (Lipinski definition) is 2. The second kappa shape index (κ2) is 8.15. The fourth-order valence-electron chi connectivity index (χ4n) is 1.63. The van der Waals surface area contributed by atoms with E-state index in [0.29, 0.717) is 0 Å². The molecule has 0 radical (unpaired) electrons. The van der Waals surface area contributed by atoms with Crippen LogP contribution in [-0.4, -0.2) is 28.0 Å². The van der Waals surface area contributed by atoms with Crippen LogP contribution in [0.25, 0.3) is 6.08 Å². The monoisotopic (exact) mass is 320 g/mol. The number of rotatable bonds is 7. The lowest BCUT2D eigenvalue weighted by Gasteiger charge is -2.07. The Labute approximate surface area is 129 Å². The van der Waals surface area contributed by atoms with Gasteiger partial charge in [0.25, 0.3) is 0 Å². The van der Waals surface area contributed by atoms with Crippen LogP contribution in [-0.2, 0) is 9.84 Å². The minimum atomic E-state index is -3.03. The Morgan fingerprint density at radius 3 is 2.19 bits per heavy atom. The van der Waals surface area contributed by atoms with E-state index in [-0.39, 0.29) is 11.5 Å². The highest BCUT2D eigenvalue weighted by Gasteiger charge is 2.09. The number of sulfone groups is 1. The predicted molar refractivity (Wildman–Crippen MR) is 95.8 cm³/mol. The number of hydrogen-bond donors (Lipinski definition) is 0. The Morgan fingerprint density at radius 1 is 0.952 bits per heavy atom. The highest BCUT2D eigenvalue weighted by Crippen LogP contribution is 2.03. The zero-order chi connectivity index (χ0) is 15.8. The standard InChI is InChI=1S/C17H24O2SSi/c1-21(2,3)16-10-15-20(18,19)14-9-5-8-13-17-11-6-4-7-12-17/h4-13,16H,14-15H2,1-3H3/b9-5+,13-8+,16-10+. The van der Waals surface area contributed by atoms with Crippen LogP contribution in [0.1, 0.15) is 5.56 Å². The summed E-state index contributed by atoms with van der Waals surface area (Å²) in [6.07, 6.45) is 9.09. The molecule has 0 bridgehead atoms. The van der Waals surface area contributed by atoms with E-state index >= 15 is 0 Å². The Balaban J connectivity index is 2.45.